The van der Waals surface area contributed by atoms with Crippen molar-refractivity contribution in [2.24, 2.45) is 11.3 Å². The van der Waals surface area contributed by atoms with Gasteiger partial charge >= 0.3 is 0 Å². The number of hydrogen-bond acceptors (Lipinski definition) is 7. The monoisotopic (exact) mass is 679 g/mol. The third-order valence-corrected chi connectivity index (χ3v) is 7.95. The molecule has 12 heteroatoms. The van der Waals surface area contributed by atoms with Crippen LogP contribution in [0.25, 0.3) is 0 Å². The van der Waals surface area contributed by atoms with Gasteiger partial charge in [-0.15, -0.1) is 0 Å². The molecule has 0 saturated heterocycles. The lowest BCUT2D eigenvalue weighted by molar-refractivity contribution is -0.133. The molecule has 0 saturated carbocycles. The first-order chi connectivity index (χ1) is 23.3. The van der Waals surface area contributed by atoms with Gasteiger partial charge < -0.3 is 36.4 Å². The number of unbranched alkanes of at least 4 members (excludes halogenated alkanes) is 1. The van der Waals surface area contributed by atoms with Crippen molar-refractivity contribution in [2.75, 3.05) is 19.8 Å². The van der Waals surface area contributed by atoms with E-state index in [1.807, 2.05) is 65.0 Å². The number of fused-ring (bicyclic) bond motifs is 1. The summed E-state index contributed by atoms with van der Waals surface area (Å²) in [6, 6.07) is 12.2. The lowest BCUT2D eigenvalue weighted by atomic mass is 9.92. The molecule has 0 aromatic heterocycles. The van der Waals surface area contributed by atoms with E-state index in [9.17, 15) is 29.1 Å². The average molecular weight is 680 g/mol. The molecule has 4 atom stereocenters. The molecule has 0 bridgehead atoms. The van der Waals surface area contributed by atoms with Gasteiger partial charge in [0, 0.05) is 13.0 Å². The van der Waals surface area contributed by atoms with Crippen molar-refractivity contribution in [1.82, 2.24) is 26.6 Å². The van der Waals surface area contributed by atoms with Gasteiger partial charge in [-0.1, -0.05) is 77.1 Å². The van der Waals surface area contributed by atoms with Crippen molar-refractivity contribution in [3.63, 3.8) is 0 Å². The number of hydrogen-bond donors (Lipinski definition) is 6. The quantitative estimate of drug-likeness (QED) is 0.198. The minimum Gasteiger partial charge on any atom is -0.491 e. The summed E-state index contributed by atoms with van der Waals surface area (Å²) in [6.07, 6.45) is 2.47. The van der Waals surface area contributed by atoms with E-state index in [4.69, 9.17) is 4.74 Å². The highest BCUT2D eigenvalue weighted by Crippen LogP contribution is 2.20. The molecule has 1 heterocycles. The van der Waals surface area contributed by atoms with E-state index >= 15 is 0 Å². The smallest absolute Gasteiger partial charge is 0.255 e. The Morgan fingerprint density at radius 1 is 0.857 bits per heavy atom. The molecule has 12 nitrogen and oxygen atoms in total. The normalized spacial score (nSPS) is 21.0. The van der Waals surface area contributed by atoms with E-state index in [2.05, 4.69) is 26.6 Å². The van der Waals surface area contributed by atoms with Gasteiger partial charge in [0.05, 0.1) is 18.2 Å². The lowest BCUT2D eigenvalue weighted by Gasteiger charge is -2.28. The van der Waals surface area contributed by atoms with Crippen LogP contribution in [-0.4, -0.2) is 78.6 Å². The van der Waals surface area contributed by atoms with Crippen molar-refractivity contribution in [3.05, 3.63) is 65.7 Å². The van der Waals surface area contributed by atoms with Crippen molar-refractivity contribution in [2.45, 2.75) is 97.3 Å². The van der Waals surface area contributed by atoms with E-state index in [-0.39, 0.29) is 48.0 Å². The molecule has 1 aliphatic heterocycles. The topological polar surface area (TPSA) is 175 Å². The van der Waals surface area contributed by atoms with Gasteiger partial charge in [-0.3, -0.25) is 24.0 Å². The summed E-state index contributed by atoms with van der Waals surface area (Å²) in [5, 5.41) is 24.1. The van der Waals surface area contributed by atoms with Crippen LogP contribution in [0.3, 0.4) is 0 Å². The van der Waals surface area contributed by atoms with Gasteiger partial charge in [-0.05, 0) is 61.1 Å². The number of aliphatic hydroxyl groups is 1. The zero-order valence-corrected chi connectivity index (χ0v) is 29.3. The summed E-state index contributed by atoms with van der Waals surface area (Å²) < 4.78 is 6.11. The molecule has 268 valence electrons. The second-order valence-electron chi connectivity index (χ2n) is 14.2. The molecule has 6 N–H and O–H groups in total. The fraction of sp³-hybridized carbons (Fsp3) is 0.541. The van der Waals surface area contributed by atoms with Crippen LogP contribution in [0.1, 0.15) is 82.6 Å². The van der Waals surface area contributed by atoms with Crippen LogP contribution in [-0.2, 0) is 25.6 Å². The molecule has 0 unspecified atom stereocenters. The molecule has 49 heavy (non-hydrogen) atoms. The first-order valence-corrected chi connectivity index (χ1v) is 17.1. The van der Waals surface area contributed by atoms with Crippen LogP contribution in [0.5, 0.6) is 5.75 Å². The number of benzene rings is 2. The van der Waals surface area contributed by atoms with E-state index < -0.39 is 54.4 Å². The number of rotatable bonds is 11. The van der Waals surface area contributed by atoms with E-state index in [0.29, 0.717) is 32.2 Å². The standard InChI is InChI=1S/C37H53N5O7/c1-24(2)19-29-35(47)40-28(16-11-12-18-38-32(44)21-37(3,4)5)34(46)39-26(20-25-13-7-6-8-14-25)23-49-31-17-10-9-15-27(31)33(45)42-30(22-43)36(48)41-29/h6-10,13-15,17,24,26,28-30,43H,11-12,16,18-23H2,1-5H3,(H,38,44)(H,39,46)(H,40,47)(H,41,48)(H,42,45)/t26-,28-,29-,30-/m0/s1. The van der Waals surface area contributed by atoms with Gasteiger partial charge in [0.1, 0.15) is 30.5 Å². The SMILES string of the molecule is CC(C)C[C@@H]1NC(=O)[C@H](CO)NC(=O)c2ccccc2OC[C@H](Cc2ccccc2)NC(=O)[C@H](CCCCNC(=O)CC(C)(C)C)NC1=O. The predicted molar refractivity (Wildman–Crippen MR) is 187 cm³/mol. The van der Waals surface area contributed by atoms with Crippen molar-refractivity contribution < 1.29 is 33.8 Å². The molecule has 0 fully saturated rings. The molecule has 3 rings (SSSR count). The molecule has 0 spiro atoms. The highest BCUT2D eigenvalue weighted by Gasteiger charge is 2.31. The van der Waals surface area contributed by atoms with E-state index in [1.165, 1.54) is 0 Å². The van der Waals surface area contributed by atoms with Crippen LogP contribution < -0.4 is 31.3 Å². The van der Waals surface area contributed by atoms with Crippen molar-refractivity contribution in [3.8, 4) is 5.75 Å². The molecule has 5 amide bonds. The zero-order chi connectivity index (χ0) is 36.0. The Bertz CT molecular complexity index is 1410. The zero-order valence-electron chi connectivity index (χ0n) is 29.3. The first kappa shape index (κ1) is 39.0. The maximum Gasteiger partial charge on any atom is 0.255 e. The maximum absolute atomic E-state index is 13.9. The number of amides is 5. The molecule has 2 aromatic carbocycles. The summed E-state index contributed by atoms with van der Waals surface area (Å²) in [5.74, 6) is -2.16. The fourth-order valence-electron chi connectivity index (χ4n) is 5.51. The number of carbonyl (C=O) groups is 5. The molecule has 1 aliphatic rings. The summed E-state index contributed by atoms with van der Waals surface area (Å²) >= 11 is 0. The molecular weight excluding hydrogens is 626 g/mol. The van der Waals surface area contributed by atoms with Crippen molar-refractivity contribution in [1.29, 1.82) is 0 Å². The van der Waals surface area contributed by atoms with Gasteiger partial charge in [0.15, 0.2) is 0 Å². The number of ether oxygens (including phenoxy) is 1. The van der Waals surface area contributed by atoms with Gasteiger partial charge in [0.25, 0.3) is 5.91 Å². The van der Waals surface area contributed by atoms with Gasteiger partial charge in [0.2, 0.25) is 23.6 Å². The van der Waals surface area contributed by atoms with Crippen LogP contribution >= 0.6 is 0 Å². The van der Waals surface area contributed by atoms with Gasteiger partial charge in [-0.25, -0.2) is 0 Å². The number of nitrogens with one attached hydrogen (secondary N) is 5. The van der Waals surface area contributed by atoms with E-state index in [0.717, 1.165) is 5.56 Å². The third kappa shape index (κ3) is 13.5. The van der Waals surface area contributed by atoms with Crippen LogP contribution in [0.2, 0.25) is 0 Å². The van der Waals surface area contributed by atoms with Crippen LogP contribution in [0.15, 0.2) is 54.6 Å². The second kappa shape index (κ2) is 18.9. The Balaban J connectivity index is 1.91. The Kier molecular flexibility index (Phi) is 15.1. The van der Waals surface area contributed by atoms with Crippen LogP contribution in [0.4, 0.5) is 0 Å². The number of para-hydroxylation sites is 1. The third-order valence-electron chi connectivity index (χ3n) is 7.95. The summed E-state index contributed by atoms with van der Waals surface area (Å²) in [6.45, 7) is 9.51. The van der Waals surface area contributed by atoms with Crippen molar-refractivity contribution >= 4 is 29.5 Å². The lowest BCUT2D eigenvalue weighted by Crippen LogP contribution is -2.58. The molecular formula is C37H53N5O7. The molecule has 0 aliphatic carbocycles. The minimum absolute atomic E-state index is 0.00525. The number of carbonyl (C=O) groups excluding carboxylic acids is 5. The largest absolute Gasteiger partial charge is 0.491 e. The molecule has 2 aromatic rings. The summed E-state index contributed by atoms with van der Waals surface area (Å²) in [5.41, 5.74) is 0.965. The minimum atomic E-state index is -1.34. The Morgan fingerprint density at radius 2 is 1.49 bits per heavy atom. The first-order valence-electron chi connectivity index (χ1n) is 17.1. The fourth-order valence-corrected chi connectivity index (χ4v) is 5.51. The highest BCUT2D eigenvalue weighted by molar-refractivity contribution is 6.00. The highest BCUT2D eigenvalue weighted by atomic mass is 16.5. The van der Waals surface area contributed by atoms with Crippen LogP contribution in [0, 0.1) is 11.3 Å². The summed E-state index contributed by atoms with van der Waals surface area (Å²) in [7, 11) is 0. The predicted octanol–water partition coefficient (Wildman–Crippen LogP) is 2.64. The Hall–Kier alpha value is -4.45. The maximum atomic E-state index is 13.9. The molecule has 0 radical (unpaired) electrons. The Morgan fingerprint density at radius 3 is 2.16 bits per heavy atom. The average Bonchev–Trinajstić information content (AvgIpc) is 3.04. The van der Waals surface area contributed by atoms with Gasteiger partial charge in [-0.2, -0.15) is 0 Å². The number of aliphatic hydroxyl groups excluding tert-OH is 1. The van der Waals surface area contributed by atoms with E-state index in [1.54, 1.807) is 24.3 Å². The Labute approximate surface area is 289 Å². The second-order valence-corrected chi connectivity index (χ2v) is 14.2. The summed E-state index contributed by atoms with van der Waals surface area (Å²) in [4.78, 5) is 66.5.